The van der Waals surface area contributed by atoms with Crippen LogP contribution in [0, 0.1) is 0 Å². The van der Waals surface area contributed by atoms with Crippen LogP contribution in [0.15, 0.2) is 29.0 Å². The molecule has 3 heterocycles. The minimum Gasteiger partial charge on any atom is -0.385 e. The van der Waals surface area contributed by atoms with Crippen LogP contribution in [0.2, 0.25) is 0 Å². The van der Waals surface area contributed by atoms with Gasteiger partial charge in [-0.25, -0.2) is 9.50 Å². The van der Waals surface area contributed by atoms with Gasteiger partial charge < -0.3 is 10.1 Å². The molecule has 3 aromatic heterocycles. The molecular formula is C16H19BrN6O2. The maximum atomic E-state index is 12.3. The van der Waals surface area contributed by atoms with Gasteiger partial charge in [-0.1, -0.05) is 0 Å². The van der Waals surface area contributed by atoms with Crippen molar-refractivity contribution in [1.29, 1.82) is 0 Å². The highest BCUT2D eigenvalue weighted by atomic mass is 79.9. The van der Waals surface area contributed by atoms with Crippen molar-refractivity contribution in [1.82, 2.24) is 29.7 Å². The van der Waals surface area contributed by atoms with Gasteiger partial charge in [-0.05, 0) is 35.3 Å². The smallest absolute Gasteiger partial charge is 0.271 e. The molecular weight excluding hydrogens is 388 g/mol. The Balaban J connectivity index is 1.90. The van der Waals surface area contributed by atoms with Crippen molar-refractivity contribution >= 4 is 27.5 Å². The van der Waals surface area contributed by atoms with Gasteiger partial charge in [-0.3, -0.25) is 9.48 Å². The molecule has 3 rings (SSSR count). The summed E-state index contributed by atoms with van der Waals surface area (Å²) in [5, 5.41) is 11.8. The normalized spacial score (nSPS) is 11.2. The summed E-state index contributed by atoms with van der Waals surface area (Å²) in [4.78, 5) is 16.5. The number of carbonyl (C=O) groups is 1. The third kappa shape index (κ3) is 3.72. The molecule has 132 valence electrons. The van der Waals surface area contributed by atoms with E-state index in [1.165, 1.54) is 0 Å². The van der Waals surface area contributed by atoms with Gasteiger partial charge >= 0.3 is 0 Å². The van der Waals surface area contributed by atoms with E-state index in [0.717, 1.165) is 28.8 Å². The number of hydrogen-bond acceptors (Lipinski definition) is 5. The number of amides is 1. The van der Waals surface area contributed by atoms with Crippen molar-refractivity contribution in [3.63, 3.8) is 0 Å². The fourth-order valence-electron chi connectivity index (χ4n) is 2.43. The lowest BCUT2D eigenvalue weighted by Gasteiger charge is -2.02. The number of nitrogens with zero attached hydrogens (tertiary/aromatic N) is 5. The monoisotopic (exact) mass is 406 g/mol. The second-order valence-electron chi connectivity index (χ2n) is 5.41. The predicted molar refractivity (Wildman–Crippen MR) is 96.4 cm³/mol. The Bertz CT molecular complexity index is 888. The van der Waals surface area contributed by atoms with Gasteiger partial charge in [0.05, 0.1) is 10.2 Å². The number of fused-ring (bicyclic) bond motifs is 1. The Kier molecular flexibility index (Phi) is 5.44. The molecule has 1 N–H and O–H groups in total. The first-order valence-electron chi connectivity index (χ1n) is 7.99. The maximum Gasteiger partial charge on any atom is 0.271 e. The van der Waals surface area contributed by atoms with Gasteiger partial charge in [0.1, 0.15) is 5.69 Å². The number of methoxy groups -OCH3 is 1. The molecule has 0 aliphatic rings. The number of aryl methyl sites for hydroxylation is 1. The van der Waals surface area contributed by atoms with Gasteiger partial charge in [-0.2, -0.15) is 10.2 Å². The van der Waals surface area contributed by atoms with Gasteiger partial charge in [0.15, 0.2) is 11.3 Å². The Labute approximate surface area is 153 Å². The Morgan fingerprint density at radius 1 is 1.40 bits per heavy atom. The molecule has 0 aromatic carbocycles. The molecule has 0 aliphatic carbocycles. The zero-order valence-corrected chi connectivity index (χ0v) is 15.7. The third-order valence-corrected chi connectivity index (χ3v) is 4.27. The molecule has 0 saturated carbocycles. The standard InChI is InChI=1S/C16H19BrN6O2/c1-3-22-10-11(17)15(21-22)13-5-7-18-14-9-12(20-23(13)14)16(24)19-6-4-8-25-2/h5,7,9-10H,3-4,6,8H2,1-2H3,(H,19,24). The minimum atomic E-state index is -0.231. The van der Waals surface area contributed by atoms with Crippen molar-refractivity contribution in [3.05, 3.63) is 34.7 Å². The quantitative estimate of drug-likeness (QED) is 0.607. The summed E-state index contributed by atoms with van der Waals surface area (Å²) in [5.74, 6) is -0.231. The molecule has 0 saturated heterocycles. The molecule has 3 aromatic rings. The van der Waals surface area contributed by atoms with E-state index in [1.54, 1.807) is 23.9 Å². The van der Waals surface area contributed by atoms with Crippen molar-refractivity contribution < 1.29 is 9.53 Å². The van der Waals surface area contributed by atoms with Crippen LogP contribution in [0.25, 0.3) is 17.0 Å². The van der Waals surface area contributed by atoms with Crippen molar-refractivity contribution in [2.45, 2.75) is 19.9 Å². The lowest BCUT2D eigenvalue weighted by atomic mass is 10.3. The molecule has 0 radical (unpaired) electrons. The van der Waals surface area contributed by atoms with E-state index in [-0.39, 0.29) is 5.91 Å². The number of carbonyl (C=O) groups excluding carboxylic acids is 1. The number of halogens is 1. The Hall–Kier alpha value is -2.26. The highest BCUT2D eigenvalue weighted by molar-refractivity contribution is 9.10. The van der Waals surface area contributed by atoms with Crippen LogP contribution in [-0.4, -0.2) is 50.5 Å². The third-order valence-electron chi connectivity index (χ3n) is 3.69. The molecule has 0 spiro atoms. The van der Waals surface area contributed by atoms with Crippen molar-refractivity contribution in [3.8, 4) is 11.4 Å². The SMILES string of the molecule is CCn1cc(Br)c(-c2ccnc3cc(C(=O)NCCCOC)nn23)n1. The van der Waals surface area contributed by atoms with E-state index in [4.69, 9.17) is 4.74 Å². The first-order valence-corrected chi connectivity index (χ1v) is 8.78. The van der Waals surface area contributed by atoms with Crippen LogP contribution < -0.4 is 5.32 Å². The largest absolute Gasteiger partial charge is 0.385 e. The average molecular weight is 407 g/mol. The molecule has 0 aliphatic heterocycles. The van der Waals surface area contributed by atoms with E-state index in [9.17, 15) is 4.79 Å². The number of ether oxygens (including phenoxy) is 1. The summed E-state index contributed by atoms with van der Waals surface area (Å²) in [6, 6.07) is 3.49. The zero-order chi connectivity index (χ0) is 17.8. The van der Waals surface area contributed by atoms with Crippen LogP contribution in [0.4, 0.5) is 0 Å². The molecule has 9 heteroatoms. The first-order chi connectivity index (χ1) is 12.1. The highest BCUT2D eigenvalue weighted by Crippen LogP contribution is 2.26. The maximum absolute atomic E-state index is 12.3. The summed E-state index contributed by atoms with van der Waals surface area (Å²) in [6.07, 6.45) is 4.35. The van der Waals surface area contributed by atoms with Crippen LogP contribution in [0.3, 0.4) is 0 Å². The van der Waals surface area contributed by atoms with Gasteiger partial charge in [-0.15, -0.1) is 0 Å². The van der Waals surface area contributed by atoms with Crippen LogP contribution in [-0.2, 0) is 11.3 Å². The molecule has 0 fully saturated rings. The Morgan fingerprint density at radius 2 is 2.24 bits per heavy atom. The average Bonchev–Trinajstić information content (AvgIpc) is 3.21. The van der Waals surface area contributed by atoms with Crippen LogP contribution in [0.1, 0.15) is 23.8 Å². The van der Waals surface area contributed by atoms with Crippen molar-refractivity contribution in [2.24, 2.45) is 0 Å². The lowest BCUT2D eigenvalue weighted by Crippen LogP contribution is -2.25. The topological polar surface area (TPSA) is 86.3 Å². The predicted octanol–water partition coefficient (Wildman–Crippen LogP) is 2.14. The molecule has 1 amide bonds. The number of nitrogens with one attached hydrogen (secondary N) is 1. The van der Waals surface area contributed by atoms with E-state index in [0.29, 0.717) is 24.5 Å². The minimum absolute atomic E-state index is 0.231. The number of aromatic nitrogens is 5. The summed E-state index contributed by atoms with van der Waals surface area (Å²) >= 11 is 3.53. The molecule has 0 atom stereocenters. The second kappa shape index (κ2) is 7.75. The van der Waals surface area contributed by atoms with Crippen LogP contribution >= 0.6 is 15.9 Å². The van der Waals surface area contributed by atoms with E-state index < -0.39 is 0 Å². The van der Waals surface area contributed by atoms with E-state index in [2.05, 4.69) is 36.4 Å². The number of rotatable bonds is 7. The van der Waals surface area contributed by atoms with Gasteiger partial charge in [0, 0.05) is 45.3 Å². The van der Waals surface area contributed by atoms with Crippen LogP contribution in [0.5, 0.6) is 0 Å². The van der Waals surface area contributed by atoms with Crippen molar-refractivity contribution in [2.75, 3.05) is 20.3 Å². The Morgan fingerprint density at radius 3 is 2.96 bits per heavy atom. The van der Waals surface area contributed by atoms with Gasteiger partial charge in [0.25, 0.3) is 5.91 Å². The van der Waals surface area contributed by atoms with Gasteiger partial charge in [0.2, 0.25) is 0 Å². The summed E-state index contributed by atoms with van der Waals surface area (Å²) in [7, 11) is 1.63. The molecule has 8 nitrogen and oxygen atoms in total. The first kappa shape index (κ1) is 17.6. The van der Waals surface area contributed by atoms with E-state index in [1.807, 2.05) is 23.9 Å². The summed E-state index contributed by atoms with van der Waals surface area (Å²) < 4.78 is 9.30. The lowest BCUT2D eigenvalue weighted by molar-refractivity contribution is 0.0943. The summed E-state index contributed by atoms with van der Waals surface area (Å²) in [6.45, 7) is 3.92. The van der Waals surface area contributed by atoms with E-state index >= 15 is 0 Å². The molecule has 0 bridgehead atoms. The summed E-state index contributed by atoms with van der Waals surface area (Å²) in [5.41, 5.74) is 2.44. The second-order valence-corrected chi connectivity index (χ2v) is 6.27. The highest BCUT2D eigenvalue weighted by Gasteiger charge is 2.17. The molecule has 25 heavy (non-hydrogen) atoms. The number of hydrogen-bond donors (Lipinski definition) is 1. The fraction of sp³-hybridized carbons (Fsp3) is 0.375. The zero-order valence-electron chi connectivity index (χ0n) is 14.1. The molecule has 0 unspecified atom stereocenters. The fourth-order valence-corrected chi connectivity index (χ4v) is 2.95.